The third-order valence-electron chi connectivity index (χ3n) is 5.44. The van der Waals surface area contributed by atoms with Gasteiger partial charge in [-0.15, -0.1) is 0 Å². The van der Waals surface area contributed by atoms with E-state index in [4.69, 9.17) is 4.74 Å². The number of nitrogens with zero attached hydrogens (tertiary/aromatic N) is 1. The number of halogens is 1. The fourth-order valence-electron chi connectivity index (χ4n) is 3.72. The fraction of sp³-hybridized carbons (Fsp3) is 0.619. The summed E-state index contributed by atoms with van der Waals surface area (Å²) < 4.78 is 19.0. The Labute approximate surface area is 160 Å². The van der Waals surface area contributed by atoms with Crippen molar-refractivity contribution in [2.75, 3.05) is 13.1 Å². The summed E-state index contributed by atoms with van der Waals surface area (Å²) >= 11 is 0. The van der Waals surface area contributed by atoms with Crippen molar-refractivity contribution in [1.82, 2.24) is 10.2 Å². The second kappa shape index (κ2) is 7.13. The normalized spacial score (nSPS) is 24.3. The van der Waals surface area contributed by atoms with Crippen LogP contribution in [0.15, 0.2) is 24.3 Å². The van der Waals surface area contributed by atoms with E-state index in [-0.39, 0.29) is 29.8 Å². The molecule has 0 aromatic heterocycles. The number of likely N-dealkylation sites (tertiary alicyclic amines) is 1. The Morgan fingerprint density at radius 2 is 2.00 bits per heavy atom. The zero-order chi connectivity index (χ0) is 19.8. The molecule has 5 nitrogen and oxygen atoms in total. The molecule has 6 heteroatoms. The number of nitrogens with one attached hydrogen (secondary N) is 1. The highest BCUT2D eigenvalue weighted by Gasteiger charge is 2.52. The number of amides is 2. The number of hydrogen-bond donors (Lipinski definition) is 1. The Kier molecular flexibility index (Phi) is 5.19. The number of carbonyl (C=O) groups is 2. The van der Waals surface area contributed by atoms with Crippen molar-refractivity contribution in [1.29, 1.82) is 0 Å². The number of carbonyl (C=O) groups excluding carboxylic acids is 2. The molecule has 2 atom stereocenters. The van der Waals surface area contributed by atoms with Crippen LogP contribution in [0.2, 0.25) is 0 Å². The minimum atomic E-state index is -0.593. The van der Waals surface area contributed by atoms with Crippen molar-refractivity contribution >= 4 is 12.0 Å². The van der Waals surface area contributed by atoms with Crippen molar-refractivity contribution in [2.24, 2.45) is 5.92 Å². The molecule has 1 aromatic carbocycles. The molecule has 1 saturated carbocycles. The van der Waals surface area contributed by atoms with Crippen LogP contribution in [0.25, 0.3) is 0 Å². The van der Waals surface area contributed by atoms with E-state index in [1.165, 1.54) is 12.1 Å². The minimum absolute atomic E-state index is 0.00206. The molecule has 1 N–H and O–H groups in total. The van der Waals surface area contributed by atoms with Gasteiger partial charge in [0.1, 0.15) is 11.4 Å². The molecule has 0 bridgehead atoms. The van der Waals surface area contributed by atoms with E-state index >= 15 is 0 Å². The van der Waals surface area contributed by atoms with Gasteiger partial charge in [0.25, 0.3) is 0 Å². The molecule has 2 fully saturated rings. The van der Waals surface area contributed by atoms with Gasteiger partial charge in [-0.1, -0.05) is 19.1 Å². The Balaban J connectivity index is 1.59. The highest BCUT2D eigenvalue weighted by atomic mass is 19.1. The van der Waals surface area contributed by atoms with E-state index < -0.39 is 11.0 Å². The van der Waals surface area contributed by atoms with E-state index in [0.29, 0.717) is 19.5 Å². The van der Waals surface area contributed by atoms with Gasteiger partial charge in [-0.05, 0) is 63.6 Å². The first-order chi connectivity index (χ1) is 12.6. The van der Waals surface area contributed by atoms with Crippen LogP contribution in [0.1, 0.15) is 52.5 Å². The zero-order valence-electron chi connectivity index (χ0n) is 16.5. The van der Waals surface area contributed by atoms with Crippen LogP contribution >= 0.6 is 0 Å². The molecule has 1 saturated heterocycles. The van der Waals surface area contributed by atoms with Gasteiger partial charge in [-0.2, -0.15) is 0 Å². The summed E-state index contributed by atoms with van der Waals surface area (Å²) in [6, 6.07) is 6.33. The molecule has 1 aliphatic heterocycles. The van der Waals surface area contributed by atoms with Crippen molar-refractivity contribution in [2.45, 2.75) is 64.0 Å². The lowest BCUT2D eigenvalue weighted by atomic mass is 9.90. The van der Waals surface area contributed by atoms with Crippen LogP contribution in [-0.2, 0) is 14.9 Å². The molecular weight excluding hydrogens is 347 g/mol. The lowest BCUT2D eigenvalue weighted by Crippen LogP contribution is -2.53. The smallest absolute Gasteiger partial charge is 0.410 e. The first-order valence-electron chi connectivity index (χ1n) is 9.66. The van der Waals surface area contributed by atoms with Gasteiger partial charge in [0.15, 0.2) is 0 Å². The van der Waals surface area contributed by atoms with Crippen LogP contribution in [0.3, 0.4) is 0 Å². The third-order valence-corrected chi connectivity index (χ3v) is 5.44. The number of ether oxygens (including phenoxy) is 1. The summed E-state index contributed by atoms with van der Waals surface area (Å²) in [7, 11) is 0. The van der Waals surface area contributed by atoms with Gasteiger partial charge < -0.3 is 15.0 Å². The summed E-state index contributed by atoms with van der Waals surface area (Å²) in [6.45, 7) is 8.68. The van der Waals surface area contributed by atoms with E-state index in [0.717, 1.165) is 18.4 Å². The molecule has 148 valence electrons. The number of rotatable bonds is 3. The highest BCUT2D eigenvalue weighted by Crippen LogP contribution is 2.48. The molecule has 3 rings (SSSR count). The van der Waals surface area contributed by atoms with Crippen LogP contribution in [-0.4, -0.2) is 41.6 Å². The maximum atomic E-state index is 13.6. The molecule has 1 heterocycles. The van der Waals surface area contributed by atoms with Crippen molar-refractivity contribution in [3.05, 3.63) is 35.6 Å². The number of benzene rings is 1. The lowest BCUT2D eigenvalue weighted by Gasteiger charge is -2.38. The molecule has 1 aliphatic carbocycles. The maximum absolute atomic E-state index is 13.6. The first-order valence-corrected chi connectivity index (χ1v) is 9.66. The van der Waals surface area contributed by atoms with Crippen LogP contribution in [0, 0.1) is 11.7 Å². The third kappa shape index (κ3) is 4.42. The second-order valence-electron chi connectivity index (χ2n) is 8.86. The van der Waals surface area contributed by atoms with Crippen molar-refractivity contribution in [3.63, 3.8) is 0 Å². The number of hydrogen-bond acceptors (Lipinski definition) is 3. The summed E-state index contributed by atoms with van der Waals surface area (Å²) in [5.74, 6) is -0.222. The summed E-state index contributed by atoms with van der Waals surface area (Å²) in [4.78, 5) is 26.9. The Hall–Kier alpha value is -2.11. The van der Waals surface area contributed by atoms with Gasteiger partial charge in [0.2, 0.25) is 5.91 Å². The van der Waals surface area contributed by atoms with Crippen LogP contribution in [0.5, 0.6) is 0 Å². The molecule has 0 spiro atoms. The topological polar surface area (TPSA) is 58.6 Å². The van der Waals surface area contributed by atoms with E-state index in [9.17, 15) is 14.0 Å². The quantitative estimate of drug-likeness (QED) is 0.877. The predicted molar refractivity (Wildman–Crippen MR) is 101 cm³/mol. The standard InChI is InChI=1S/C21H29FN2O3/c1-14-13-24(19(26)27-20(2,3)4)11-8-17(14)23-18(25)21(9-10-21)15-6-5-7-16(22)12-15/h5-7,12,14,17H,8-11,13H2,1-4H3,(H,23,25)/t14-,17-/m0/s1. The van der Waals surface area contributed by atoms with Gasteiger partial charge in [-0.3, -0.25) is 4.79 Å². The maximum Gasteiger partial charge on any atom is 0.410 e. The van der Waals surface area contributed by atoms with Crippen LogP contribution < -0.4 is 5.32 Å². The average molecular weight is 376 g/mol. The minimum Gasteiger partial charge on any atom is -0.444 e. The largest absolute Gasteiger partial charge is 0.444 e. The first kappa shape index (κ1) is 19.6. The molecule has 2 aliphatic rings. The monoisotopic (exact) mass is 376 g/mol. The fourth-order valence-corrected chi connectivity index (χ4v) is 3.72. The zero-order valence-corrected chi connectivity index (χ0v) is 16.5. The van der Waals surface area contributed by atoms with E-state index in [1.54, 1.807) is 11.0 Å². The highest BCUT2D eigenvalue weighted by molar-refractivity contribution is 5.91. The average Bonchev–Trinajstić information content (AvgIpc) is 3.37. The van der Waals surface area contributed by atoms with Crippen molar-refractivity contribution in [3.8, 4) is 0 Å². The van der Waals surface area contributed by atoms with Gasteiger partial charge >= 0.3 is 6.09 Å². The Morgan fingerprint density at radius 1 is 1.30 bits per heavy atom. The molecule has 0 unspecified atom stereocenters. The second-order valence-corrected chi connectivity index (χ2v) is 8.86. The van der Waals surface area contributed by atoms with Gasteiger partial charge in [0, 0.05) is 19.1 Å². The summed E-state index contributed by atoms with van der Waals surface area (Å²) in [5.41, 5.74) is -0.363. The Morgan fingerprint density at radius 3 is 2.56 bits per heavy atom. The van der Waals surface area contributed by atoms with E-state index in [2.05, 4.69) is 5.32 Å². The number of piperidine rings is 1. The molecule has 1 aromatic rings. The van der Waals surface area contributed by atoms with Crippen LogP contribution in [0.4, 0.5) is 9.18 Å². The SMILES string of the molecule is C[C@H]1CN(C(=O)OC(C)(C)C)CC[C@@H]1NC(=O)C1(c2cccc(F)c2)CC1. The van der Waals surface area contributed by atoms with E-state index in [1.807, 2.05) is 33.8 Å². The molecular formula is C21H29FN2O3. The summed E-state index contributed by atoms with van der Waals surface area (Å²) in [6.07, 6.45) is 1.87. The molecule has 27 heavy (non-hydrogen) atoms. The Bertz CT molecular complexity index is 724. The molecule has 0 radical (unpaired) electrons. The van der Waals surface area contributed by atoms with Crippen molar-refractivity contribution < 1.29 is 18.7 Å². The molecule has 2 amide bonds. The van der Waals surface area contributed by atoms with Gasteiger partial charge in [-0.25, -0.2) is 9.18 Å². The van der Waals surface area contributed by atoms with Gasteiger partial charge in [0.05, 0.1) is 5.41 Å². The lowest BCUT2D eigenvalue weighted by molar-refractivity contribution is -0.125. The summed E-state index contributed by atoms with van der Waals surface area (Å²) in [5, 5.41) is 3.16. The predicted octanol–water partition coefficient (Wildman–Crippen LogP) is 3.62.